The molecule has 0 amide bonds. The molecule has 0 aliphatic carbocycles. The van der Waals surface area contributed by atoms with E-state index in [0.717, 1.165) is 46.8 Å². The van der Waals surface area contributed by atoms with E-state index in [1.165, 1.54) is 0 Å². The van der Waals surface area contributed by atoms with Gasteiger partial charge in [0.05, 0.1) is 5.69 Å². The fourth-order valence-electron chi connectivity index (χ4n) is 1.87. The molecule has 128 valence electrons. The standard InChI is InChI=1S/C17H20ClN3OS2/c1-2-22-12-4-11-20-17(23)21-15-5-3-10-19-16(15)24-14-8-6-13(18)7-9-14/h3,5-10H,2,4,11-12H2,1H3,(H2,20,21,23). The Hall–Kier alpha value is -1.34. The third kappa shape index (κ3) is 6.65. The van der Waals surface area contributed by atoms with Crippen LogP contribution in [-0.4, -0.2) is 29.9 Å². The fourth-order valence-corrected chi connectivity index (χ4v) is 3.04. The maximum atomic E-state index is 5.92. The number of nitrogens with one attached hydrogen (secondary N) is 2. The highest BCUT2D eigenvalue weighted by Crippen LogP contribution is 2.31. The molecule has 2 N–H and O–H groups in total. The first-order valence-electron chi connectivity index (χ1n) is 7.70. The molecule has 0 radical (unpaired) electrons. The van der Waals surface area contributed by atoms with Crippen molar-refractivity contribution >= 4 is 46.4 Å². The Bertz CT molecular complexity index is 653. The van der Waals surface area contributed by atoms with E-state index in [1.807, 2.05) is 43.3 Å². The molecule has 0 aliphatic heterocycles. The molecule has 1 aromatic heterocycles. The van der Waals surface area contributed by atoms with Crippen LogP contribution in [0.4, 0.5) is 5.69 Å². The lowest BCUT2D eigenvalue weighted by atomic mass is 10.4. The highest BCUT2D eigenvalue weighted by Gasteiger charge is 2.07. The van der Waals surface area contributed by atoms with Crippen LogP contribution in [0.5, 0.6) is 0 Å². The molecule has 0 fully saturated rings. The lowest BCUT2D eigenvalue weighted by molar-refractivity contribution is 0.146. The minimum absolute atomic E-state index is 0.581. The number of anilines is 1. The Morgan fingerprint density at radius 2 is 2.08 bits per heavy atom. The number of pyridine rings is 1. The minimum atomic E-state index is 0.581. The fraction of sp³-hybridized carbons (Fsp3) is 0.294. The van der Waals surface area contributed by atoms with E-state index in [2.05, 4.69) is 15.6 Å². The van der Waals surface area contributed by atoms with Crippen molar-refractivity contribution in [2.24, 2.45) is 0 Å². The van der Waals surface area contributed by atoms with Gasteiger partial charge in [0, 0.05) is 35.9 Å². The lowest BCUT2D eigenvalue weighted by Gasteiger charge is -2.13. The van der Waals surface area contributed by atoms with Gasteiger partial charge in [-0.15, -0.1) is 0 Å². The van der Waals surface area contributed by atoms with Crippen molar-refractivity contribution in [1.29, 1.82) is 0 Å². The smallest absolute Gasteiger partial charge is 0.170 e. The quantitative estimate of drug-likeness (QED) is 0.514. The Morgan fingerprint density at radius 1 is 1.29 bits per heavy atom. The van der Waals surface area contributed by atoms with Crippen molar-refractivity contribution in [2.45, 2.75) is 23.3 Å². The molecule has 7 heteroatoms. The molecule has 1 heterocycles. The van der Waals surface area contributed by atoms with Crippen molar-refractivity contribution in [1.82, 2.24) is 10.3 Å². The van der Waals surface area contributed by atoms with Crippen molar-refractivity contribution in [3.63, 3.8) is 0 Å². The number of benzene rings is 1. The Morgan fingerprint density at radius 3 is 2.83 bits per heavy atom. The lowest BCUT2D eigenvalue weighted by Crippen LogP contribution is -2.30. The second-order valence-corrected chi connectivity index (χ2v) is 6.75. The summed E-state index contributed by atoms with van der Waals surface area (Å²) in [6.45, 7) is 4.23. The van der Waals surface area contributed by atoms with Gasteiger partial charge < -0.3 is 15.4 Å². The van der Waals surface area contributed by atoms with Crippen molar-refractivity contribution in [3.8, 4) is 0 Å². The third-order valence-electron chi connectivity index (χ3n) is 3.00. The first-order valence-corrected chi connectivity index (χ1v) is 9.30. The molecular formula is C17H20ClN3OS2. The van der Waals surface area contributed by atoms with Crippen LogP contribution >= 0.6 is 35.6 Å². The zero-order chi connectivity index (χ0) is 17.2. The summed E-state index contributed by atoms with van der Waals surface area (Å²) in [6, 6.07) is 11.5. The number of ether oxygens (including phenoxy) is 1. The number of hydrogen-bond acceptors (Lipinski definition) is 4. The zero-order valence-corrected chi connectivity index (χ0v) is 15.8. The monoisotopic (exact) mass is 381 g/mol. The summed E-state index contributed by atoms with van der Waals surface area (Å²) in [5.74, 6) is 0. The highest BCUT2D eigenvalue weighted by atomic mass is 35.5. The Balaban J connectivity index is 1.91. The van der Waals surface area contributed by atoms with Gasteiger partial charge in [-0.2, -0.15) is 0 Å². The minimum Gasteiger partial charge on any atom is -0.382 e. The largest absolute Gasteiger partial charge is 0.382 e. The van der Waals surface area contributed by atoms with E-state index >= 15 is 0 Å². The Labute approximate surface area is 157 Å². The summed E-state index contributed by atoms with van der Waals surface area (Å²) in [4.78, 5) is 5.50. The average molecular weight is 382 g/mol. The number of hydrogen-bond donors (Lipinski definition) is 2. The summed E-state index contributed by atoms with van der Waals surface area (Å²) in [5, 5.41) is 8.54. The van der Waals surface area contributed by atoms with E-state index in [0.29, 0.717) is 5.11 Å². The van der Waals surface area contributed by atoms with Crippen LogP contribution in [0.3, 0.4) is 0 Å². The maximum Gasteiger partial charge on any atom is 0.170 e. The summed E-state index contributed by atoms with van der Waals surface area (Å²) in [6.07, 6.45) is 2.68. The molecule has 2 aromatic rings. The summed E-state index contributed by atoms with van der Waals surface area (Å²) in [5.41, 5.74) is 0.875. The Kier molecular flexibility index (Phi) is 8.32. The molecule has 1 aromatic carbocycles. The van der Waals surface area contributed by atoms with Gasteiger partial charge in [-0.05, 0) is 62.0 Å². The van der Waals surface area contributed by atoms with Crippen LogP contribution in [0.2, 0.25) is 5.02 Å². The van der Waals surface area contributed by atoms with Crippen LogP contribution < -0.4 is 10.6 Å². The van der Waals surface area contributed by atoms with Gasteiger partial charge in [0.2, 0.25) is 0 Å². The number of thiocarbonyl (C=S) groups is 1. The first-order chi connectivity index (χ1) is 11.7. The molecule has 0 aliphatic rings. The van der Waals surface area contributed by atoms with Gasteiger partial charge in [-0.1, -0.05) is 23.4 Å². The number of aromatic nitrogens is 1. The summed E-state index contributed by atoms with van der Waals surface area (Å²) >= 11 is 12.8. The van der Waals surface area contributed by atoms with E-state index < -0.39 is 0 Å². The van der Waals surface area contributed by atoms with E-state index in [9.17, 15) is 0 Å². The second-order valence-electron chi connectivity index (χ2n) is 4.84. The molecular weight excluding hydrogens is 362 g/mol. The number of nitrogens with zero attached hydrogens (tertiary/aromatic N) is 1. The molecule has 4 nitrogen and oxygen atoms in total. The van der Waals surface area contributed by atoms with Gasteiger partial charge >= 0.3 is 0 Å². The van der Waals surface area contributed by atoms with E-state index in [-0.39, 0.29) is 0 Å². The normalized spacial score (nSPS) is 10.4. The summed E-state index contributed by atoms with van der Waals surface area (Å²) < 4.78 is 5.30. The van der Waals surface area contributed by atoms with Crippen LogP contribution in [0.25, 0.3) is 0 Å². The highest BCUT2D eigenvalue weighted by molar-refractivity contribution is 7.99. The number of halogens is 1. The van der Waals surface area contributed by atoms with Crippen LogP contribution in [0.1, 0.15) is 13.3 Å². The van der Waals surface area contributed by atoms with Crippen molar-refractivity contribution in [2.75, 3.05) is 25.1 Å². The molecule has 0 unspecified atom stereocenters. The second kappa shape index (κ2) is 10.5. The van der Waals surface area contributed by atoms with Crippen LogP contribution in [-0.2, 0) is 4.74 Å². The van der Waals surface area contributed by atoms with E-state index in [4.69, 9.17) is 28.6 Å². The van der Waals surface area contributed by atoms with Gasteiger partial charge in [0.1, 0.15) is 5.03 Å². The topological polar surface area (TPSA) is 46.2 Å². The average Bonchev–Trinajstić information content (AvgIpc) is 2.58. The van der Waals surface area contributed by atoms with Gasteiger partial charge in [0.15, 0.2) is 5.11 Å². The molecule has 0 saturated carbocycles. The predicted octanol–water partition coefficient (Wildman–Crippen LogP) is 4.60. The van der Waals surface area contributed by atoms with Crippen molar-refractivity contribution in [3.05, 3.63) is 47.6 Å². The third-order valence-corrected chi connectivity index (χ3v) is 4.53. The first kappa shape index (κ1) is 19.0. The molecule has 0 spiro atoms. The predicted molar refractivity (Wildman–Crippen MR) is 105 cm³/mol. The van der Waals surface area contributed by atoms with Gasteiger partial charge in [0.25, 0.3) is 0 Å². The van der Waals surface area contributed by atoms with E-state index in [1.54, 1.807) is 18.0 Å². The van der Waals surface area contributed by atoms with Crippen LogP contribution in [0.15, 0.2) is 52.5 Å². The molecule has 24 heavy (non-hydrogen) atoms. The van der Waals surface area contributed by atoms with Gasteiger partial charge in [-0.25, -0.2) is 4.98 Å². The number of rotatable bonds is 8. The van der Waals surface area contributed by atoms with Crippen LogP contribution in [0, 0.1) is 0 Å². The molecule has 0 atom stereocenters. The van der Waals surface area contributed by atoms with Crippen molar-refractivity contribution < 1.29 is 4.74 Å². The summed E-state index contributed by atoms with van der Waals surface area (Å²) in [7, 11) is 0. The SMILES string of the molecule is CCOCCCNC(=S)Nc1cccnc1Sc1ccc(Cl)cc1. The molecule has 0 saturated heterocycles. The zero-order valence-electron chi connectivity index (χ0n) is 13.4. The van der Waals surface area contributed by atoms with Gasteiger partial charge in [-0.3, -0.25) is 0 Å². The molecule has 2 rings (SSSR count). The maximum absolute atomic E-state index is 5.92. The molecule has 0 bridgehead atoms.